The van der Waals surface area contributed by atoms with Crippen LogP contribution in [0.2, 0.25) is 0 Å². The second-order valence-corrected chi connectivity index (χ2v) is 15.1. The molecule has 0 fully saturated rings. The molecule has 0 aromatic carbocycles. The molecule has 0 saturated heterocycles. The van der Waals surface area contributed by atoms with Crippen molar-refractivity contribution in [3.63, 3.8) is 0 Å². The molecular formula is C35H70NO8P. The van der Waals surface area contributed by atoms with Crippen molar-refractivity contribution in [2.75, 3.05) is 47.5 Å². The summed E-state index contributed by atoms with van der Waals surface area (Å²) in [7, 11) is 1.16. The van der Waals surface area contributed by atoms with Gasteiger partial charge in [-0.1, -0.05) is 142 Å². The highest BCUT2D eigenvalue weighted by Gasteiger charge is 2.20. The predicted molar refractivity (Wildman–Crippen MR) is 181 cm³/mol. The van der Waals surface area contributed by atoms with E-state index in [-0.39, 0.29) is 19.6 Å². The molecule has 0 N–H and O–H groups in total. The van der Waals surface area contributed by atoms with Crippen LogP contribution in [-0.4, -0.2) is 70.0 Å². The van der Waals surface area contributed by atoms with Gasteiger partial charge in [0.25, 0.3) is 7.82 Å². The number of esters is 2. The minimum absolute atomic E-state index is 0.0307. The van der Waals surface area contributed by atoms with Gasteiger partial charge in [-0.3, -0.25) is 14.2 Å². The first-order valence-corrected chi connectivity index (χ1v) is 19.6. The molecule has 0 bridgehead atoms. The number of unbranched alkanes of at least 4 members (excludes halogenated alkanes) is 21. The van der Waals surface area contributed by atoms with Gasteiger partial charge in [0, 0.05) is 13.3 Å². The summed E-state index contributed by atoms with van der Waals surface area (Å²) in [4.78, 5) is 35.5. The first kappa shape index (κ1) is 44.0. The maximum Gasteiger partial charge on any atom is 0.305 e. The number of phosphoric acid groups is 1. The number of ether oxygens (including phenoxy) is 2. The summed E-state index contributed by atoms with van der Waals surface area (Å²) < 4.78 is 32.5. The van der Waals surface area contributed by atoms with E-state index in [2.05, 4.69) is 6.92 Å². The zero-order valence-corrected chi connectivity index (χ0v) is 30.7. The summed E-state index contributed by atoms with van der Waals surface area (Å²) in [6.45, 7) is 3.18. The van der Waals surface area contributed by atoms with Crippen molar-refractivity contribution in [3.8, 4) is 0 Å². The number of carbonyl (C=O) groups excluding carboxylic acids is 2. The zero-order valence-electron chi connectivity index (χ0n) is 29.8. The highest BCUT2D eigenvalue weighted by atomic mass is 31.2. The number of hydrogen-bond donors (Lipinski definition) is 0. The van der Waals surface area contributed by atoms with Gasteiger partial charge in [0.15, 0.2) is 6.10 Å². The second kappa shape index (κ2) is 29.2. The Bertz CT molecular complexity index is 758. The quantitative estimate of drug-likeness (QED) is 0.0297. The average Bonchev–Trinajstić information content (AvgIpc) is 2.96. The molecule has 0 spiro atoms. The van der Waals surface area contributed by atoms with Gasteiger partial charge < -0.3 is 27.9 Å². The van der Waals surface area contributed by atoms with Crippen molar-refractivity contribution >= 4 is 19.8 Å². The topological polar surface area (TPSA) is 111 Å². The van der Waals surface area contributed by atoms with Crippen molar-refractivity contribution in [1.29, 1.82) is 0 Å². The normalized spacial score (nSPS) is 13.8. The van der Waals surface area contributed by atoms with Gasteiger partial charge in [0.1, 0.15) is 19.8 Å². The summed E-state index contributed by atoms with van der Waals surface area (Å²) in [5.74, 6) is -1.02. The molecule has 0 aliphatic rings. The van der Waals surface area contributed by atoms with Crippen LogP contribution in [0.25, 0.3) is 0 Å². The Balaban J connectivity index is 3.66. The summed E-state index contributed by atoms with van der Waals surface area (Å²) in [5, 5.41) is 0. The van der Waals surface area contributed by atoms with Crippen LogP contribution >= 0.6 is 7.82 Å². The lowest BCUT2D eigenvalue weighted by molar-refractivity contribution is -0.870. The van der Waals surface area contributed by atoms with Crippen molar-refractivity contribution in [1.82, 2.24) is 0 Å². The van der Waals surface area contributed by atoms with Crippen LogP contribution in [0.15, 0.2) is 0 Å². The monoisotopic (exact) mass is 663 g/mol. The van der Waals surface area contributed by atoms with Gasteiger partial charge in [0.2, 0.25) is 0 Å². The second-order valence-electron chi connectivity index (χ2n) is 13.7. The lowest BCUT2D eigenvalue weighted by atomic mass is 10.0. The molecule has 9 nitrogen and oxygen atoms in total. The fourth-order valence-corrected chi connectivity index (χ4v) is 5.85. The Morgan fingerprint density at radius 1 is 0.644 bits per heavy atom. The van der Waals surface area contributed by atoms with Crippen molar-refractivity contribution in [3.05, 3.63) is 0 Å². The summed E-state index contributed by atoms with van der Waals surface area (Å²) in [6.07, 6.45) is 28.2. The molecule has 10 heteroatoms. The van der Waals surface area contributed by atoms with Gasteiger partial charge in [-0.2, -0.15) is 0 Å². The molecule has 0 aromatic heterocycles. The first-order chi connectivity index (χ1) is 21.4. The van der Waals surface area contributed by atoms with Gasteiger partial charge in [-0.25, -0.2) is 0 Å². The molecule has 0 rings (SSSR count). The lowest BCUT2D eigenvalue weighted by Gasteiger charge is -2.28. The van der Waals surface area contributed by atoms with Crippen LogP contribution in [0.3, 0.4) is 0 Å². The number of likely N-dealkylation sites (N-methyl/N-ethyl adjacent to an activating group) is 1. The Labute approximate surface area is 276 Å². The molecular weight excluding hydrogens is 593 g/mol. The average molecular weight is 664 g/mol. The maximum atomic E-state index is 12.1. The Hall–Kier alpha value is -0.990. The molecule has 0 amide bonds. The van der Waals surface area contributed by atoms with E-state index in [1.54, 1.807) is 0 Å². The molecule has 0 aliphatic heterocycles. The molecule has 0 heterocycles. The van der Waals surface area contributed by atoms with E-state index in [1.165, 1.54) is 129 Å². The van der Waals surface area contributed by atoms with Crippen LogP contribution in [0.4, 0.5) is 0 Å². The number of rotatable bonds is 33. The summed E-state index contributed by atoms with van der Waals surface area (Å²) >= 11 is 0. The minimum Gasteiger partial charge on any atom is -0.756 e. The van der Waals surface area contributed by atoms with E-state index >= 15 is 0 Å². The standard InChI is InChI=1S/C35H70NO8P/c1-6-7-8-9-10-11-12-13-14-15-16-17-18-19-20-21-22-23-24-25-26-27-28-35(38)41-31-34(44-33(2)37)32-43-45(39,40)42-30-29-36(3,4)5/h34H,6-32H2,1-5H3/t34-/m1/s1. The predicted octanol–water partition coefficient (Wildman–Crippen LogP) is 8.66. The van der Waals surface area contributed by atoms with E-state index in [0.717, 1.165) is 19.3 Å². The zero-order chi connectivity index (χ0) is 33.7. The fraction of sp³-hybridized carbons (Fsp3) is 0.943. The van der Waals surface area contributed by atoms with Crippen LogP contribution in [0.1, 0.15) is 162 Å². The van der Waals surface area contributed by atoms with Crippen LogP contribution in [0.5, 0.6) is 0 Å². The minimum atomic E-state index is -4.57. The van der Waals surface area contributed by atoms with E-state index in [0.29, 0.717) is 11.0 Å². The molecule has 45 heavy (non-hydrogen) atoms. The highest BCUT2D eigenvalue weighted by molar-refractivity contribution is 7.45. The van der Waals surface area contributed by atoms with Gasteiger partial charge >= 0.3 is 11.9 Å². The van der Waals surface area contributed by atoms with E-state index in [1.807, 2.05) is 21.1 Å². The van der Waals surface area contributed by atoms with E-state index in [9.17, 15) is 19.0 Å². The number of carbonyl (C=O) groups is 2. The molecule has 0 radical (unpaired) electrons. The highest BCUT2D eigenvalue weighted by Crippen LogP contribution is 2.38. The van der Waals surface area contributed by atoms with Crippen LogP contribution in [0, 0.1) is 0 Å². The van der Waals surface area contributed by atoms with Gasteiger partial charge in [-0.15, -0.1) is 0 Å². The molecule has 0 saturated carbocycles. The Kier molecular flexibility index (Phi) is 28.5. The van der Waals surface area contributed by atoms with Crippen molar-refractivity contribution in [2.24, 2.45) is 0 Å². The first-order valence-electron chi connectivity index (χ1n) is 18.2. The Morgan fingerprint density at radius 2 is 1.04 bits per heavy atom. The fourth-order valence-electron chi connectivity index (χ4n) is 5.13. The molecule has 1 unspecified atom stereocenters. The third kappa shape index (κ3) is 34.2. The molecule has 0 aliphatic carbocycles. The van der Waals surface area contributed by atoms with Crippen LogP contribution < -0.4 is 4.89 Å². The van der Waals surface area contributed by atoms with Crippen LogP contribution in [-0.2, 0) is 32.7 Å². The van der Waals surface area contributed by atoms with E-state index in [4.69, 9.17) is 18.5 Å². The molecule has 0 aromatic rings. The van der Waals surface area contributed by atoms with Gasteiger partial charge in [-0.05, 0) is 6.42 Å². The number of phosphoric ester groups is 1. The number of quaternary nitrogens is 1. The largest absolute Gasteiger partial charge is 0.756 e. The Morgan fingerprint density at radius 3 is 1.42 bits per heavy atom. The number of hydrogen-bond acceptors (Lipinski definition) is 8. The van der Waals surface area contributed by atoms with Crippen molar-refractivity contribution < 1.29 is 42.1 Å². The number of nitrogens with zero attached hydrogens (tertiary/aromatic N) is 1. The van der Waals surface area contributed by atoms with Gasteiger partial charge in [0.05, 0.1) is 27.7 Å². The lowest BCUT2D eigenvalue weighted by Crippen LogP contribution is -2.37. The smallest absolute Gasteiger partial charge is 0.305 e. The maximum absolute atomic E-state index is 12.1. The van der Waals surface area contributed by atoms with E-state index < -0.39 is 32.5 Å². The molecule has 268 valence electrons. The summed E-state index contributed by atoms with van der Waals surface area (Å²) in [6, 6.07) is 0. The third-order valence-corrected chi connectivity index (χ3v) is 8.89. The molecule has 2 atom stereocenters. The SMILES string of the molecule is CCCCCCCCCCCCCCCCCCCCCCCCC(=O)OC[C@H](COP(=O)([O-])OCC[N+](C)(C)C)OC(C)=O. The third-order valence-electron chi connectivity index (χ3n) is 7.93. The van der Waals surface area contributed by atoms with Crippen molar-refractivity contribution in [2.45, 2.75) is 168 Å². The summed E-state index contributed by atoms with van der Waals surface area (Å²) in [5.41, 5.74) is 0.